The lowest BCUT2D eigenvalue weighted by Crippen LogP contribution is -2.69. The van der Waals surface area contributed by atoms with E-state index in [-0.39, 0.29) is 28.0 Å². The first-order valence-electron chi connectivity index (χ1n) is 7.44. The standard InChI is InChI=1S/C16H21N3O2S/c1-9-16(2,3)22-15-12(14(21)19(9)15)18-13(20)11(17)10-7-5-4-6-8-10/h4-9,11-12,15H,17H2,1-3H3,(H,18,20)/t9-,11?,12+,15+/m0/s1. The van der Waals surface area contributed by atoms with Crippen LogP contribution in [0.1, 0.15) is 32.4 Å². The number of benzene rings is 1. The lowest BCUT2D eigenvalue weighted by molar-refractivity contribution is -0.150. The summed E-state index contributed by atoms with van der Waals surface area (Å²) in [5, 5.41) is 2.84. The van der Waals surface area contributed by atoms with Crippen molar-refractivity contribution in [1.82, 2.24) is 10.2 Å². The number of hydrogen-bond donors (Lipinski definition) is 2. The monoisotopic (exact) mass is 319 g/mol. The normalized spacial score (nSPS) is 30.5. The number of thioether (sulfide) groups is 1. The summed E-state index contributed by atoms with van der Waals surface area (Å²) in [4.78, 5) is 26.5. The van der Waals surface area contributed by atoms with Crippen LogP contribution in [0.15, 0.2) is 30.3 Å². The Kier molecular flexibility index (Phi) is 3.69. The molecule has 1 aromatic carbocycles. The zero-order valence-corrected chi connectivity index (χ0v) is 13.8. The highest BCUT2D eigenvalue weighted by atomic mass is 32.2. The maximum Gasteiger partial charge on any atom is 0.249 e. The smallest absolute Gasteiger partial charge is 0.249 e. The molecule has 2 amide bonds. The van der Waals surface area contributed by atoms with Crippen LogP contribution in [-0.2, 0) is 9.59 Å². The molecule has 2 fully saturated rings. The molecule has 1 unspecified atom stereocenters. The maximum atomic E-state index is 12.3. The van der Waals surface area contributed by atoms with Crippen molar-refractivity contribution in [2.75, 3.05) is 0 Å². The molecule has 118 valence electrons. The maximum absolute atomic E-state index is 12.3. The average molecular weight is 319 g/mol. The molecule has 0 radical (unpaired) electrons. The third-order valence-corrected chi connectivity index (χ3v) is 6.36. The van der Waals surface area contributed by atoms with Gasteiger partial charge in [-0.15, -0.1) is 11.8 Å². The molecule has 0 spiro atoms. The Bertz CT molecular complexity index is 605. The van der Waals surface area contributed by atoms with E-state index in [1.807, 2.05) is 35.2 Å². The largest absolute Gasteiger partial charge is 0.340 e. The van der Waals surface area contributed by atoms with Crippen LogP contribution >= 0.6 is 11.8 Å². The Morgan fingerprint density at radius 2 is 2.00 bits per heavy atom. The van der Waals surface area contributed by atoms with Crippen LogP contribution in [0.4, 0.5) is 0 Å². The van der Waals surface area contributed by atoms with Gasteiger partial charge in [0, 0.05) is 10.8 Å². The fourth-order valence-electron chi connectivity index (χ4n) is 2.95. The van der Waals surface area contributed by atoms with Crippen molar-refractivity contribution in [3.05, 3.63) is 35.9 Å². The fraction of sp³-hybridized carbons (Fsp3) is 0.500. The minimum absolute atomic E-state index is 0.00134. The van der Waals surface area contributed by atoms with Crippen molar-refractivity contribution in [3.63, 3.8) is 0 Å². The van der Waals surface area contributed by atoms with Gasteiger partial charge in [-0.3, -0.25) is 9.59 Å². The van der Waals surface area contributed by atoms with Gasteiger partial charge in [0.1, 0.15) is 17.5 Å². The molecule has 4 atom stereocenters. The van der Waals surface area contributed by atoms with Crippen molar-refractivity contribution in [1.29, 1.82) is 0 Å². The van der Waals surface area contributed by atoms with Gasteiger partial charge >= 0.3 is 0 Å². The van der Waals surface area contributed by atoms with E-state index in [2.05, 4.69) is 26.1 Å². The van der Waals surface area contributed by atoms with E-state index in [1.165, 1.54) is 0 Å². The highest BCUT2D eigenvalue weighted by Crippen LogP contribution is 2.50. The second kappa shape index (κ2) is 5.28. The van der Waals surface area contributed by atoms with Gasteiger partial charge in [0.25, 0.3) is 0 Å². The molecule has 6 heteroatoms. The number of rotatable bonds is 3. The molecule has 5 nitrogen and oxygen atoms in total. The van der Waals surface area contributed by atoms with Gasteiger partial charge in [0.2, 0.25) is 11.8 Å². The molecule has 2 aliphatic rings. The molecule has 0 saturated carbocycles. The molecule has 3 N–H and O–H groups in total. The Labute approximate surface area is 134 Å². The van der Waals surface area contributed by atoms with Crippen LogP contribution in [-0.4, -0.2) is 38.9 Å². The Hall–Kier alpha value is -1.53. The molecule has 2 heterocycles. The summed E-state index contributed by atoms with van der Waals surface area (Å²) in [5.74, 6) is -0.314. The van der Waals surface area contributed by atoms with E-state index in [1.54, 1.807) is 11.8 Å². The minimum atomic E-state index is -0.750. The number of carbonyl (C=O) groups excluding carboxylic acids is 2. The predicted octanol–water partition coefficient (Wildman–Crippen LogP) is 1.25. The van der Waals surface area contributed by atoms with Crippen molar-refractivity contribution >= 4 is 23.6 Å². The lowest BCUT2D eigenvalue weighted by Gasteiger charge is -2.44. The first-order valence-corrected chi connectivity index (χ1v) is 8.32. The summed E-state index contributed by atoms with van der Waals surface area (Å²) < 4.78 is 0.00134. The summed E-state index contributed by atoms with van der Waals surface area (Å²) in [7, 11) is 0. The number of amides is 2. The molecule has 2 saturated heterocycles. The van der Waals surface area contributed by atoms with Crippen LogP contribution in [0.3, 0.4) is 0 Å². The van der Waals surface area contributed by atoms with Gasteiger partial charge in [-0.1, -0.05) is 30.3 Å². The SMILES string of the molecule is C[C@@H]1N2C(=O)[C@@H](NC(=O)C(N)c3ccccc3)[C@H]2SC1(C)C. The first kappa shape index (κ1) is 15.4. The number of nitrogens with two attached hydrogens (primary N) is 1. The number of hydrogen-bond acceptors (Lipinski definition) is 4. The van der Waals surface area contributed by atoms with Crippen LogP contribution in [0.5, 0.6) is 0 Å². The zero-order chi connectivity index (χ0) is 16.1. The van der Waals surface area contributed by atoms with E-state index in [0.717, 1.165) is 5.56 Å². The average Bonchev–Trinajstić information content (AvgIpc) is 2.72. The summed E-state index contributed by atoms with van der Waals surface area (Å²) in [6, 6.07) is 8.15. The Morgan fingerprint density at radius 1 is 1.36 bits per heavy atom. The number of nitrogens with zero attached hydrogens (tertiary/aromatic N) is 1. The Balaban J connectivity index is 1.68. The predicted molar refractivity (Wildman–Crippen MR) is 87.1 cm³/mol. The summed E-state index contributed by atoms with van der Waals surface area (Å²) >= 11 is 1.74. The minimum Gasteiger partial charge on any atom is -0.340 e. The fourth-order valence-corrected chi connectivity index (χ4v) is 4.61. The number of β-lactam (4-membered cyclic amide) rings is 1. The van der Waals surface area contributed by atoms with Crippen LogP contribution < -0.4 is 11.1 Å². The number of fused-ring (bicyclic) bond motifs is 1. The van der Waals surface area contributed by atoms with E-state index in [0.29, 0.717) is 0 Å². The van der Waals surface area contributed by atoms with Crippen LogP contribution in [0, 0.1) is 0 Å². The topological polar surface area (TPSA) is 75.4 Å². The summed E-state index contributed by atoms with van der Waals surface area (Å²) in [5.41, 5.74) is 6.73. The van der Waals surface area contributed by atoms with Crippen LogP contribution in [0.2, 0.25) is 0 Å². The highest BCUT2D eigenvalue weighted by molar-refractivity contribution is 8.01. The number of carbonyl (C=O) groups is 2. The van der Waals surface area contributed by atoms with Gasteiger partial charge in [-0.25, -0.2) is 0 Å². The second-order valence-corrected chi connectivity index (χ2v) is 8.18. The highest BCUT2D eigenvalue weighted by Gasteiger charge is 2.60. The zero-order valence-electron chi connectivity index (χ0n) is 12.9. The summed E-state index contributed by atoms with van der Waals surface area (Å²) in [6.07, 6.45) is 0. The van der Waals surface area contributed by atoms with Crippen molar-refractivity contribution < 1.29 is 9.59 Å². The molecule has 2 aliphatic heterocycles. The van der Waals surface area contributed by atoms with Crippen LogP contribution in [0.25, 0.3) is 0 Å². The molecular weight excluding hydrogens is 298 g/mol. The van der Waals surface area contributed by atoms with Crippen molar-refractivity contribution in [3.8, 4) is 0 Å². The van der Waals surface area contributed by atoms with E-state index in [9.17, 15) is 9.59 Å². The quantitative estimate of drug-likeness (QED) is 0.822. The van der Waals surface area contributed by atoms with E-state index in [4.69, 9.17) is 5.73 Å². The van der Waals surface area contributed by atoms with Crippen molar-refractivity contribution in [2.45, 2.75) is 49.0 Å². The lowest BCUT2D eigenvalue weighted by atomic mass is 9.97. The van der Waals surface area contributed by atoms with Gasteiger partial charge in [0.15, 0.2) is 0 Å². The third-order valence-electron chi connectivity index (χ3n) is 4.67. The Morgan fingerprint density at radius 3 is 2.64 bits per heavy atom. The van der Waals surface area contributed by atoms with Crippen molar-refractivity contribution in [2.24, 2.45) is 5.73 Å². The van der Waals surface area contributed by atoms with E-state index >= 15 is 0 Å². The molecule has 3 rings (SSSR count). The summed E-state index contributed by atoms with van der Waals surface area (Å²) in [6.45, 7) is 6.31. The molecular formula is C16H21N3O2S. The second-order valence-electron chi connectivity index (χ2n) is 6.41. The van der Waals surface area contributed by atoms with Gasteiger partial charge in [0.05, 0.1) is 0 Å². The van der Waals surface area contributed by atoms with E-state index < -0.39 is 12.1 Å². The third kappa shape index (κ3) is 2.30. The molecule has 22 heavy (non-hydrogen) atoms. The molecule has 1 aromatic rings. The van der Waals surface area contributed by atoms with Gasteiger partial charge in [-0.2, -0.15) is 0 Å². The number of nitrogens with one attached hydrogen (secondary N) is 1. The molecule has 0 bridgehead atoms. The van der Waals surface area contributed by atoms with Gasteiger partial charge in [-0.05, 0) is 26.3 Å². The first-order chi connectivity index (χ1) is 10.3. The molecule has 0 aromatic heterocycles. The molecule has 0 aliphatic carbocycles. The van der Waals surface area contributed by atoms with Gasteiger partial charge < -0.3 is 16.0 Å².